The quantitative estimate of drug-likeness (QED) is 0.594. The van der Waals surface area contributed by atoms with E-state index in [-0.39, 0.29) is 30.4 Å². The molecule has 0 N–H and O–H groups in total. The predicted octanol–water partition coefficient (Wildman–Crippen LogP) is 3.99. The number of carbonyl (C=O) groups is 2. The monoisotopic (exact) mass is 491 g/mol. The second kappa shape index (κ2) is 9.21. The number of morpholine rings is 2. The van der Waals surface area contributed by atoms with Crippen LogP contribution in [0.15, 0.2) is 12.1 Å². The van der Waals surface area contributed by atoms with Crippen molar-refractivity contribution in [2.45, 2.75) is 70.4 Å². The number of urea groups is 1. The average molecular weight is 492 g/mol. The number of fused-ring (bicyclic) bond motifs is 3. The zero-order valence-corrected chi connectivity index (χ0v) is 21.0. The summed E-state index contributed by atoms with van der Waals surface area (Å²) in [6.45, 7) is 9.33. The van der Waals surface area contributed by atoms with Crippen LogP contribution in [0.2, 0.25) is 5.02 Å². The molecule has 8 nitrogen and oxygen atoms in total. The molecule has 3 saturated heterocycles. The number of nitrogens with zero attached hydrogens (tertiary/aromatic N) is 3. The van der Waals surface area contributed by atoms with Crippen LogP contribution in [-0.2, 0) is 27.2 Å². The first-order valence-corrected chi connectivity index (χ1v) is 12.6. The van der Waals surface area contributed by atoms with E-state index >= 15 is 0 Å². The summed E-state index contributed by atoms with van der Waals surface area (Å²) < 4.78 is 17.4. The van der Waals surface area contributed by atoms with Crippen LogP contribution in [0.1, 0.15) is 56.3 Å². The molecular formula is C25H34ClN3O5. The molecule has 186 valence electrons. The molecule has 3 fully saturated rings. The minimum atomic E-state index is -0.589. The Bertz CT molecular complexity index is 953. The summed E-state index contributed by atoms with van der Waals surface area (Å²) in [6.07, 6.45) is 2.75. The largest absolute Gasteiger partial charge is 0.444 e. The highest BCUT2D eigenvalue weighted by Crippen LogP contribution is 2.36. The molecule has 5 rings (SSSR count). The van der Waals surface area contributed by atoms with Crippen LogP contribution in [0, 0.1) is 0 Å². The lowest BCUT2D eigenvalue weighted by molar-refractivity contribution is -0.0337. The highest BCUT2D eigenvalue weighted by molar-refractivity contribution is 6.30. The second-order valence-electron chi connectivity index (χ2n) is 10.7. The van der Waals surface area contributed by atoms with Gasteiger partial charge in [0, 0.05) is 37.7 Å². The number of hydrogen-bond acceptors (Lipinski definition) is 5. The van der Waals surface area contributed by atoms with Gasteiger partial charge in [-0.2, -0.15) is 0 Å². The average Bonchev–Trinajstić information content (AvgIpc) is 3.14. The third-order valence-electron chi connectivity index (χ3n) is 7.04. The topological polar surface area (TPSA) is 71.5 Å². The summed E-state index contributed by atoms with van der Waals surface area (Å²) >= 11 is 6.52. The van der Waals surface area contributed by atoms with Crippen molar-refractivity contribution in [3.8, 4) is 0 Å². The van der Waals surface area contributed by atoms with E-state index in [1.54, 1.807) is 4.90 Å². The third kappa shape index (κ3) is 4.86. The first-order chi connectivity index (χ1) is 16.2. The lowest BCUT2D eigenvalue weighted by Gasteiger charge is -2.41. The van der Waals surface area contributed by atoms with E-state index in [0.29, 0.717) is 51.0 Å². The molecule has 9 heteroatoms. The van der Waals surface area contributed by atoms with Crippen molar-refractivity contribution in [3.63, 3.8) is 0 Å². The Morgan fingerprint density at radius 3 is 2.53 bits per heavy atom. The molecule has 0 saturated carbocycles. The van der Waals surface area contributed by atoms with Crippen molar-refractivity contribution in [3.05, 3.63) is 33.8 Å². The zero-order valence-electron chi connectivity index (χ0n) is 20.2. The number of benzene rings is 1. The van der Waals surface area contributed by atoms with Gasteiger partial charge in [0.1, 0.15) is 5.60 Å². The summed E-state index contributed by atoms with van der Waals surface area (Å²) in [5.74, 6) is 0. The van der Waals surface area contributed by atoms with Gasteiger partial charge in [-0.15, -0.1) is 0 Å². The van der Waals surface area contributed by atoms with E-state index in [9.17, 15) is 9.59 Å². The Balaban J connectivity index is 1.40. The zero-order chi connectivity index (χ0) is 24.0. The maximum Gasteiger partial charge on any atom is 0.410 e. The van der Waals surface area contributed by atoms with Crippen LogP contribution in [0.25, 0.3) is 0 Å². The standard InChI is InChI=1S/C25H34ClN3O5/c1-25(2,3)34-24(31)29-8-9-32-15-22(29)20-11-17(26)10-16-6-7-27(14-21(16)20)23(30)28-12-18-4-5-19(13-28)33-18/h10-11,18-19,22H,4-9,12-15H2,1-3H3. The molecule has 2 bridgehead atoms. The Hall–Kier alpha value is -2.03. The highest BCUT2D eigenvalue weighted by atomic mass is 35.5. The van der Waals surface area contributed by atoms with Gasteiger partial charge in [0.15, 0.2) is 0 Å². The minimum absolute atomic E-state index is 0.0654. The fourth-order valence-corrected chi connectivity index (χ4v) is 5.74. The van der Waals surface area contributed by atoms with Crippen LogP contribution >= 0.6 is 11.6 Å². The van der Waals surface area contributed by atoms with Gasteiger partial charge in [0.2, 0.25) is 0 Å². The fraction of sp³-hybridized carbons (Fsp3) is 0.680. The Labute approximate surface area is 206 Å². The molecule has 3 amide bonds. The smallest absolute Gasteiger partial charge is 0.410 e. The molecule has 1 aromatic carbocycles. The SMILES string of the molecule is CC(C)(C)OC(=O)N1CCOCC1c1cc(Cl)cc2c1CN(C(=O)N1CC3CCC(C1)O3)CC2. The molecule has 0 spiro atoms. The van der Waals surface area contributed by atoms with Gasteiger partial charge in [-0.1, -0.05) is 11.6 Å². The van der Waals surface area contributed by atoms with E-state index in [1.807, 2.05) is 42.7 Å². The van der Waals surface area contributed by atoms with Crippen molar-refractivity contribution >= 4 is 23.7 Å². The molecule has 4 aliphatic heterocycles. The summed E-state index contributed by atoms with van der Waals surface area (Å²) in [6, 6.07) is 3.65. The van der Waals surface area contributed by atoms with Crippen molar-refractivity contribution in [2.75, 3.05) is 39.4 Å². The molecule has 4 heterocycles. The minimum Gasteiger partial charge on any atom is -0.444 e. The van der Waals surface area contributed by atoms with Crippen molar-refractivity contribution in [1.29, 1.82) is 0 Å². The molecule has 0 aromatic heterocycles. The van der Waals surface area contributed by atoms with Crippen LogP contribution < -0.4 is 0 Å². The van der Waals surface area contributed by atoms with Crippen molar-refractivity contribution in [2.24, 2.45) is 0 Å². The van der Waals surface area contributed by atoms with Gasteiger partial charge in [0.05, 0.1) is 31.5 Å². The van der Waals surface area contributed by atoms with Crippen LogP contribution in [-0.4, -0.2) is 84.0 Å². The highest BCUT2D eigenvalue weighted by Gasteiger charge is 2.39. The third-order valence-corrected chi connectivity index (χ3v) is 7.26. The number of rotatable bonds is 1. The maximum absolute atomic E-state index is 13.4. The number of ether oxygens (including phenoxy) is 3. The fourth-order valence-electron chi connectivity index (χ4n) is 5.49. The summed E-state index contributed by atoms with van der Waals surface area (Å²) in [4.78, 5) is 32.1. The van der Waals surface area contributed by atoms with E-state index in [1.165, 1.54) is 0 Å². The summed E-state index contributed by atoms with van der Waals surface area (Å²) in [5.41, 5.74) is 2.54. The maximum atomic E-state index is 13.4. The van der Waals surface area contributed by atoms with Crippen molar-refractivity contribution < 1.29 is 23.8 Å². The second-order valence-corrected chi connectivity index (χ2v) is 11.2. The Morgan fingerprint density at radius 1 is 1.09 bits per heavy atom. The molecule has 3 unspecified atom stereocenters. The van der Waals surface area contributed by atoms with E-state index in [0.717, 1.165) is 36.0 Å². The van der Waals surface area contributed by atoms with Gasteiger partial charge in [0.25, 0.3) is 0 Å². The normalized spacial score (nSPS) is 26.9. The molecule has 0 radical (unpaired) electrons. The van der Waals surface area contributed by atoms with Gasteiger partial charge in [-0.05, 0) is 68.9 Å². The van der Waals surface area contributed by atoms with Gasteiger partial charge < -0.3 is 24.0 Å². The van der Waals surface area contributed by atoms with Crippen molar-refractivity contribution in [1.82, 2.24) is 14.7 Å². The molecule has 1 aromatic rings. The molecule has 0 aliphatic carbocycles. The first-order valence-electron chi connectivity index (χ1n) is 12.3. The first kappa shape index (κ1) is 23.7. The molecule has 4 aliphatic rings. The van der Waals surface area contributed by atoms with Gasteiger partial charge in [-0.3, -0.25) is 4.90 Å². The van der Waals surface area contributed by atoms with Gasteiger partial charge in [-0.25, -0.2) is 9.59 Å². The van der Waals surface area contributed by atoms with E-state index < -0.39 is 5.60 Å². The van der Waals surface area contributed by atoms with Crippen LogP contribution in [0.3, 0.4) is 0 Å². The Morgan fingerprint density at radius 2 is 1.82 bits per heavy atom. The number of likely N-dealkylation sites (tertiary alicyclic amines) is 1. The lowest BCUT2D eigenvalue weighted by atomic mass is 9.90. The van der Waals surface area contributed by atoms with E-state index in [2.05, 4.69) is 0 Å². The number of carbonyl (C=O) groups excluding carboxylic acids is 2. The number of halogens is 1. The molecular weight excluding hydrogens is 458 g/mol. The number of amides is 3. The molecule has 34 heavy (non-hydrogen) atoms. The lowest BCUT2D eigenvalue weighted by Crippen LogP contribution is -2.52. The summed E-state index contributed by atoms with van der Waals surface area (Å²) in [7, 11) is 0. The van der Waals surface area contributed by atoms with Gasteiger partial charge >= 0.3 is 12.1 Å². The van der Waals surface area contributed by atoms with E-state index in [4.69, 9.17) is 25.8 Å². The predicted molar refractivity (Wildman–Crippen MR) is 127 cm³/mol. The van der Waals surface area contributed by atoms with Crippen LogP contribution in [0.5, 0.6) is 0 Å². The Kier molecular flexibility index (Phi) is 6.42. The molecule has 3 atom stereocenters. The summed E-state index contributed by atoms with van der Waals surface area (Å²) in [5, 5.41) is 0.632. The van der Waals surface area contributed by atoms with Crippen LogP contribution in [0.4, 0.5) is 9.59 Å². The number of hydrogen-bond donors (Lipinski definition) is 0.